The number of amides is 1. The van der Waals surface area contributed by atoms with Crippen LogP contribution >= 0.6 is 23.7 Å². The average Bonchev–Trinajstić information content (AvgIpc) is 2.95. The molecular formula is C14H16ClF2N3O2S. The Labute approximate surface area is 142 Å². The summed E-state index contributed by atoms with van der Waals surface area (Å²) >= 11 is 1.31. The minimum atomic E-state index is -2.88. The number of hydrogen-bond donors (Lipinski definition) is 2. The maximum absolute atomic E-state index is 12.2. The second kappa shape index (κ2) is 8.76. The van der Waals surface area contributed by atoms with Gasteiger partial charge in [0.2, 0.25) is 0 Å². The van der Waals surface area contributed by atoms with E-state index in [-0.39, 0.29) is 42.3 Å². The molecule has 1 unspecified atom stereocenters. The summed E-state index contributed by atoms with van der Waals surface area (Å²) in [5.41, 5.74) is 6.40. The summed E-state index contributed by atoms with van der Waals surface area (Å²) in [6.07, 6.45) is 0. The van der Waals surface area contributed by atoms with Gasteiger partial charge in [-0.25, -0.2) is 4.98 Å². The molecular weight excluding hydrogens is 348 g/mol. The van der Waals surface area contributed by atoms with Gasteiger partial charge in [0.1, 0.15) is 16.5 Å². The van der Waals surface area contributed by atoms with Crippen molar-refractivity contribution in [3.63, 3.8) is 0 Å². The van der Waals surface area contributed by atoms with E-state index in [9.17, 15) is 13.6 Å². The number of thiazole rings is 1. The Balaban J connectivity index is 0.00000264. The molecule has 126 valence electrons. The molecule has 0 bridgehead atoms. The monoisotopic (exact) mass is 363 g/mol. The smallest absolute Gasteiger partial charge is 0.387 e. The Morgan fingerprint density at radius 2 is 2.22 bits per heavy atom. The van der Waals surface area contributed by atoms with E-state index in [4.69, 9.17) is 5.73 Å². The van der Waals surface area contributed by atoms with Crippen LogP contribution in [0.2, 0.25) is 0 Å². The first-order valence-electron chi connectivity index (χ1n) is 6.49. The molecule has 0 spiro atoms. The number of alkyl halides is 2. The summed E-state index contributed by atoms with van der Waals surface area (Å²) in [6, 6.07) is 5.82. The third-order valence-electron chi connectivity index (χ3n) is 2.89. The van der Waals surface area contributed by atoms with Gasteiger partial charge in [-0.15, -0.1) is 23.7 Å². The minimum Gasteiger partial charge on any atom is -0.435 e. The minimum absolute atomic E-state index is 0. The largest absolute Gasteiger partial charge is 0.435 e. The molecule has 0 aliphatic carbocycles. The molecule has 2 aromatic rings. The fraction of sp³-hybridized carbons (Fsp3) is 0.286. The van der Waals surface area contributed by atoms with Crippen LogP contribution in [0.1, 0.15) is 34.0 Å². The van der Waals surface area contributed by atoms with E-state index in [1.807, 2.05) is 0 Å². The number of aromatic nitrogens is 1. The normalized spacial score (nSPS) is 11.7. The number of ether oxygens (including phenoxy) is 1. The Morgan fingerprint density at radius 3 is 2.83 bits per heavy atom. The van der Waals surface area contributed by atoms with Crippen molar-refractivity contribution in [2.24, 2.45) is 5.73 Å². The van der Waals surface area contributed by atoms with Crippen LogP contribution in [0.15, 0.2) is 29.6 Å². The number of nitrogens with one attached hydrogen (secondary N) is 1. The zero-order valence-corrected chi connectivity index (χ0v) is 13.8. The van der Waals surface area contributed by atoms with Gasteiger partial charge in [0.15, 0.2) is 0 Å². The number of nitrogens with zero attached hydrogens (tertiary/aromatic N) is 1. The van der Waals surface area contributed by atoms with Crippen LogP contribution in [0.3, 0.4) is 0 Å². The van der Waals surface area contributed by atoms with E-state index >= 15 is 0 Å². The van der Waals surface area contributed by atoms with Crippen molar-refractivity contribution in [3.8, 4) is 5.75 Å². The number of hydrogen-bond acceptors (Lipinski definition) is 5. The van der Waals surface area contributed by atoms with Crippen molar-refractivity contribution in [2.45, 2.75) is 26.1 Å². The molecule has 0 radical (unpaired) electrons. The van der Waals surface area contributed by atoms with E-state index in [1.54, 1.807) is 24.4 Å². The van der Waals surface area contributed by atoms with Crippen LogP contribution in [0.25, 0.3) is 0 Å². The van der Waals surface area contributed by atoms with Crippen molar-refractivity contribution in [3.05, 3.63) is 45.9 Å². The zero-order valence-electron chi connectivity index (χ0n) is 12.2. The van der Waals surface area contributed by atoms with Crippen LogP contribution < -0.4 is 15.8 Å². The second-order valence-electron chi connectivity index (χ2n) is 4.48. The summed E-state index contributed by atoms with van der Waals surface area (Å²) in [7, 11) is 0. The molecule has 1 atom stereocenters. The molecule has 0 aliphatic rings. The lowest BCUT2D eigenvalue weighted by atomic mass is 10.1. The molecule has 0 aliphatic heterocycles. The fourth-order valence-corrected chi connectivity index (χ4v) is 2.48. The Morgan fingerprint density at radius 1 is 1.48 bits per heavy atom. The Kier molecular flexibility index (Phi) is 7.34. The zero-order chi connectivity index (χ0) is 16.1. The van der Waals surface area contributed by atoms with Crippen molar-refractivity contribution < 1.29 is 18.3 Å². The molecule has 23 heavy (non-hydrogen) atoms. The predicted octanol–water partition coefficient (Wildman–Crippen LogP) is 3.12. The van der Waals surface area contributed by atoms with E-state index in [1.165, 1.54) is 23.5 Å². The van der Waals surface area contributed by atoms with Crippen LogP contribution in [0, 0.1) is 0 Å². The van der Waals surface area contributed by atoms with Crippen LogP contribution in [0.4, 0.5) is 8.78 Å². The third kappa shape index (κ3) is 5.42. The quantitative estimate of drug-likeness (QED) is 0.826. The molecule has 0 saturated carbocycles. The highest BCUT2D eigenvalue weighted by Gasteiger charge is 2.15. The summed E-state index contributed by atoms with van der Waals surface area (Å²) in [5.74, 6) is -0.295. The van der Waals surface area contributed by atoms with Crippen molar-refractivity contribution >= 4 is 29.7 Å². The number of carbonyl (C=O) groups excluding carboxylic acids is 1. The molecule has 1 heterocycles. The van der Waals surface area contributed by atoms with Crippen LogP contribution in [0.5, 0.6) is 5.75 Å². The van der Waals surface area contributed by atoms with Gasteiger partial charge in [0.25, 0.3) is 5.91 Å². The molecule has 0 fully saturated rings. The lowest BCUT2D eigenvalue weighted by molar-refractivity contribution is -0.0499. The summed E-state index contributed by atoms with van der Waals surface area (Å²) in [6.45, 7) is -0.860. The van der Waals surface area contributed by atoms with E-state index < -0.39 is 6.61 Å². The van der Waals surface area contributed by atoms with Crippen molar-refractivity contribution in [2.75, 3.05) is 0 Å². The Bertz CT molecular complexity index is 654. The Hall–Kier alpha value is -1.77. The number of rotatable bonds is 6. The maximum Gasteiger partial charge on any atom is 0.387 e. The molecule has 5 nitrogen and oxygen atoms in total. The lowest BCUT2D eigenvalue weighted by Crippen LogP contribution is -2.27. The van der Waals surface area contributed by atoms with E-state index in [0.29, 0.717) is 10.6 Å². The molecule has 1 aromatic heterocycles. The maximum atomic E-state index is 12.2. The van der Waals surface area contributed by atoms with Crippen LogP contribution in [-0.2, 0) is 6.54 Å². The highest BCUT2D eigenvalue weighted by Crippen LogP contribution is 2.21. The number of carbonyl (C=O) groups is 1. The SMILES string of the molecule is CC(NC(=O)c1csc(CN)n1)c1cccc(OC(F)F)c1.Cl. The van der Waals surface area contributed by atoms with Crippen LogP contribution in [-0.4, -0.2) is 17.5 Å². The lowest BCUT2D eigenvalue weighted by Gasteiger charge is -2.14. The van der Waals surface area contributed by atoms with Crippen molar-refractivity contribution in [1.29, 1.82) is 0 Å². The molecule has 1 amide bonds. The van der Waals surface area contributed by atoms with Gasteiger partial charge in [-0.2, -0.15) is 8.78 Å². The molecule has 9 heteroatoms. The van der Waals surface area contributed by atoms with Gasteiger partial charge in [0.05, 0.1) is 6.04 Å². The highest BCUT2D eigenvalue weighted by molar-refractivity contribution is 7.09. The first-order valence-corrected chi connectivity index (χ1v) is 7.37. The molecule has 2 rings (SSSR count). The molecule has 0 saturated heterocycles. The number of halogens is 3. The number of benzene rings is 1. The molecule has 1 aromatic carbocycles. The van der Waals surface area contributed by atoms with Gasteiger partial charge in [-0.1, -0.05) is 12.1 Å². The van der Waals surface area contributed by atoms with E-state index in [0.717, 1.165) is 0 Å². The summed E-state index contributed by atoms with van der Waals surface area (Å²) in [5, 5.41) is 5.05. The van der Waals surface area contributed by atoms with Crippen molar-refractivity contribution in [1.82, 2.24) is 10.3 Å². The standard InChI is InChI=1S/C14H15F2N3O2S.ClH/c1-8(9-3-2-4-10(5-9)21-14(15)16)18-13(20)11-7-22-12(6-17)19-11;/h2-5,7-8,14H,6,17H2,1H3,(H,18,20);1H. The van der Waals surface area contributed by atoms with Gasteiger partial charge in [0, 0.05) is 11.9 Å². The average molecular weight is 364 g/mol. The summed E-state index contributed by atoms with van der Waals surface area (Å²) in [4.78, 5) is 16.2. The first-order chi connectivity index (χ1) is 10.5. The number of nitrogens with two attached hydrogens (primary N) is 1. The summed E-state index contributed by atoms with van der Waals surface area (Å²) < 4.78 is 28.8. The predicted molar refractivity (Wildman–Crippen MR) is 86.2 cm³/mol. The fourth-order valence-electron chi connectivity index (χ4n) is 1.82. The third-order valence-corrected chi connectivity index (χ3v) is 3.76. The topological polar surface area (TPSA) is 77.2 Å². The first kappa shape index (κ1) is 19.3. The van der Waals surface area contributed by atoms with Gasteiger partial charge in [-0.05, 0) is 24.6 Å². The van der Waals surface area contributed by atoms with Gasteiger partial charge >= 0.3 is 6.61 Å². The van der Waals surface area contributed by atoms with E-state index in [2.05, 4.69) is 15.0 Å². The second-order valence-corrected chi connectivity index (χ2v) is 5.42. The highest BCUT2D eigenvalue weighted by atomic mass is 35.5. The van der Waals surface area contributed by atoms with Gasteiger partial charge < -0.3 is 15.8 Å². The molecule has 3 N–H and O–H groups in total. The van der Waals surface area contributed by atoms with Gasteiger partial charge in [-0.3, -0.25) is 4.79 Å².